The minimum Gasteiger partial charge on any atom is -0.452 e. The topological polar surface area (TPSA) is 46.6 Å². The number of nitrogens with zero attached hydrogens (tertiary/aromatic N) is 1. The SMILES string of the molecule is CC(C)N(C(=O)COC(=O)c1c(Cl)ccc(Cl)c1Cl)c1ccccc1. The van der Waals surface area contributed by atoms with Gasteiger partial charge in [0.2, 0.25) is 0 Å². The van der Waals surface area contributed by atoms with E-state index < -0.39 is 12.6 Å². The van der Waals surface area contributed by atoms with Gasteiger partial charge in [0, 0.05) is 11.7 Å². The van der Waals surface area contributed by atoms with Gasteiger partial charge in [0.1, 0.15) is 0 Å². The molecule has 0 radical (unpaired) electrons. The summed E-state index contributed by atoms with van der Waals surface area (Å²) in [5.41, 5.74) is 0.664. The van der Waals surface area contributed by atoms with Gasteiger partial charge in [-0.1, -0.05) is 53.0 Å². The summed E-state index contributed by atoms with van der Waals surface area (Å²) >= 11 is 17.9. The molecule has 25 heavy (non-hydrogen) atoms. The Labute approximate surface area is 161 Å². The van der Waals surface area contributed by atoms with Crippen molar-refractivity contribution in [2.24, 2.45) is 0 Å². The van der Waals surface area contributed by atoms with Crippen LogP contribution in [0, 0.1) is 0 Å². The Balaban J connectivity index is 2.13. The van der Waals surface area contributed by atoms with Crippen LogP contribution in [0.5, 0.6) is 0 Å². The molecule has 0 aliphatic rings. The molecule has 2 aromatic rings. The molecule has 0 heterocycles. The lowest BCUT2D eigenvalue weighted by Gasteiger charge is -2.26. The number of amides is 1. The van der Waals surface area contributed by atoms with E-state index >= 15 is 0 Å². The molecule has 0 unspecified atom stereocenters. The molecule has 2 rings (SSSR count). The summed E-state index contributed by atoms with van der Waals surface area (Å²) in [7, 11) is 0. The zero-order chi connectivity index (χ0) is 18.6. The first kappa shape index (κ1) is 19.6. The maximum absolute atomic E-state index is 12.5. The van der Waals surface area contributed by atoms with E-state index in [9.17, 15) is 9.59 Å². The van der Waals surface area contributed by atoms with Crippen LogP contribution in [0.15, 0.2) is 42.5 Å². The van der Waals surface area contributed by atoms with Crippen LogP contribution in [-0.4, -0.2) is 24.5 Å². The van der Waals surface area contributed by atoms with Crippen LogP contribution in [0.2, 0.25) is 15.1 Å². The average molecular weight is 401 g/mol. The van der Waals surface area contributed by atoms with E-state index in [1.165, 1.54) is 12.1 Å². The molecule has 0 saturated heterocycles. The number of hydrogen-bond acceptors (Lipinski definition) is 3. The van der Waals surface area contributed by atoms with E-state index in [-0.39, 0.29) is 32.6 Å². The van der Waals surface area contributed by atoms with Gasteiger partial charge in [-0.05, 0) is 38.1 Å². The molecule has 0 fully saturated rings. The van der Waals surface area contributed by atoms with Crippen LogP contribution < -0.4 is 4.90 Å². The van der Waals surface area contributed by atoms with Crippen molar-refractivity contribution in [2.75, 3.05) is 11.5 Å². The molecule has 0 atom stereocenters. The molecule has 0 aromatic heterocycles. The van der Waals surface area contributed by atoms with Gasteiger partial charge in [-0.3, -0.25) is 4.79 Å². The predicted octanol–water partition coefficient (Wildman–Crippen LogP) is 5.25. The fourth-order valence-electron chi connectivity index (χ4n) is 2.30. The van der Waals surface area contributed by atoms with E-state index in [0.29, 0.717) is 0 Å². The number of hydrogen-bond donors (Lipinski definition) is 0. The first-order valence-corrected chi connectivity index (χ1v) is 8.64. The van der Waals surface area contributed by atoms with Crippen LogP contribution in [0.1, 0.15) is 24.2 Å². The maximum atomic E-state index is 12.5. The van der Waals surface area contributed by atoms with E-state index in [1.54, 1.807) is 4.90 Å². The predicted molar refractivity (Wildman–Crippen MR) is 101 cm³/mol. The zero-order valence-electron chi connectivity index (χ0n) is 13.6. The van der Waals surface area contributed by atoms with Gasteiger partial charge in [-0.2, -0.15) is 0 Å². The lowest BCUT2D eigenvalue weighted by atomic mass is 10.2. The van der Waals surface area contributed by atoms with Crippen molar-refractivity contribution in [3.05, 3.63) is 63.1 Å². The Morgan fingerprint density at radius 1 is 1.00 bits per heavy atom. The van der Waals surface area contributed by atoms with Gasteiger partial charge in [0.05, 0.1) is 20.6 Å². The minimum atomic E-state index is -0.803. The standard InChI is InChI=1S/C18H16Cl3NO3/c1-11(2)22(12-6-4-3-5-7-12)15(23)10-25-18(24)16-13(19)8-9-14(20)17(16)21/h3-9,11H,10H2,1-2H3. The summed E-state index contributed by atoms with van der Waals surface area (Å²) in [6, 6.07) is 11.9. The molecule has 0 bridgehead atoms. The van der Waals surface area contributed by atoms with Gasteiger partial charge >= 0.3 is 5.97 Å². The highest BCUT2D eigenvalue weighted by Gasteiger charge is 2.23. The lowest BCUT2D eigenvalue weighted by molar-refractivity contribution is -0.122. The quantitative estimate of drug-likeness (QED) is 0.509. The first-order chi connectivity index (χ1) is 11.8. The van der Waals surface area contributed by atoms with Crippen molar-refractivity contribution in [2.45, 2.75) is 19.9 Å². The van der Waals surface area contributed by atoms with Crippen LogP contribution in [-0.2, 0) is 9.53 Å². The molecule has 0 spiro atoms. The second kappa shape index (κ2) is 8.56. The smallest absolute Gasteiger partial charge is 0.341 e. The van der Waals surface area contributed by atoms with Crippen molar-refractivity contribution in [1.82, 2.24) is 0 Å². The molecule has 0 aliphatic carbocycles. The van der Waals surface area contributed by atoms with Crippen LogP contribution in [0.25, 0.3) is 0 Å². The summed E-state index contributed by atoms with van der Waals surface area (Å²) in [6.07, 6.45) is 0. The molecular weight excluding hydrogens is 385 g/mol. The Bertz CT molecular complexity index is 779. The molecule has 0 saturated carbocycles. The summed E-state index contributed by atoms with van der Waals surface area (Å²) in [6.45, 7) is 3.31. The molecule has 2 aromatic carbocycles. The van der Waals surface area contributed by atoms with E-state index in [4.69, 9.17) is 39.5 Å². The highest BCUT2D eigenvalue weighted by Crippen LogP contribution is 2.32. The molecule has 0 aliphatic heterocycles. The van der Waals surface area contributed by atoms with Gasteiger partial charge in [-0.25, -0.2) is 4.79 Å². The van der Waals surface area contributed by atoms with Gasteiger partial charge in [-0.15, -0.1) is 0 Å². The van der Waals surface area contributed by atoms with Crippen LogP contribution in [0.3, 0.4) is 0 Å². The first-order valence-electron chi connectivity index (χ1n) is 7.50. The number of esters is 1. The number of para-hydroxylation sites is 1. The molecule has 1 amide bonds. The maximum Gasteiger partial charge on any atom is 0.341 e. The summed E-state index contributed by atoms with van der Waals surface area (Å²) in [5.74, 6) is -1.16. The third-order valence-corrected chi connectivity index (χ3v) is 4.51. The average Bonchev–Trinajstić information content (AvgIpc) is 2.57. The van der Waals surface area contributed by atoms with Crippen molar-refractivity contribution in [3.63, 3.8) is 0 Å². The van der Waals surface area contributed by atoms with Gasteiger partial charge in [0.15, 0.2) is 6.61 Å². The number of anilines is 1. The second-order valence-electron chi connectivity index (χ2n) is 5.49. The number of rotatable bonds is 5. The lowest BCUT2D eigenvalue weighted by Crippen LogP contribution is -2.39. The van der Waals surface area contributed by atoms with Crippen LogP contribution in [0.4, 0.5) is 5.69 Å². The number of carbonyl (C=O) groups excluding carboxylic acids is 2. The van der Waals surface area contributed by atoms with Gasteiger partial charge < -0.3 is 9.64 Å². The fraction of sp³-hybridized carbons (Fsp3) is 0.222. The molecular formula is C18H16Cl3NO3. The minimum absolute atomic E-state index is 0.00427. The molecule has 0 N–H and O–H groups in total. The largest absolute Gasteiger partial charge is 0.452 e. The highest BCUT2D eigenvalue weighted by atomic mass is 35.5. The Morgan fingerprint density at radius 3 is 2.20 bits per heavy atom. The molecule has 132 valence electrons. The Kier molecular flexibility index (Phi) is 6.71. The van der Waals surface area contributed by atoms with Crippen molar-refractivity contribution >= 4 is 52.4 Å². The number of ether oxygens (including phenoxy) is 1. The van der Waals surface area contributed by atoms with Crippen LogP contribution >= 0.6 is 34.8 Å². The summed E-state index contributed by atoms with van der Waals surface area (Å²) in [4.78, 5) is 26.3. The third-order valence-electron chi connectivity index (χ3n) is 3.39. The van der Waals surface area contributed by atoms with Crippen molar-refractivity contribution < 1.29 is 14.3 Å². The summed E-state index contributed by atoms with van der Waals surface area (Å²) < 4.78 is 5.10. The Morgan fingerprint density at radius 2 is 1.60 bits per heavy atom. The monoisotopic (exact) mass is 399 g/mol. The summed E-state index contributed by atoms with van der Waals surface area (Å²) in [5, 5.41) is 0.281. The number of halogens is 3. The van der Waals surface area contributed by atoms with Gasteiger partial charge in [0.25, 0.3) is 5.91 Å². The van der Waals surface area contributed by atoms with E-state index in [0.717, 1.165) is 5.69 Å². The number of carbonyl (C=O) groups is 2. The van der Waals surface area contributed by atoms with Crippen molar-refractivity contribution in [3.8, 4) is 0 Å². The highest BCUT2D eigenvalue weighted by molar-refractivity contribution is 6.46. The molecule has 4 nitrogen and oxygen atoms in total. The zero-order valence-corrected chi connectivity index (χ0v) is 15.9. The third kappa shape index (κ3) is 4.66. The molecule has 7 heteroatoms. The second-order valence-corrected chi connectivity index (χ2v) is 6.68. The van der Waals surface area contributed by atoms with E-state index in [1.807, 2.05) is 44.2 Å². The number of benzene rings is 2. The van der Waals surface area contributed by atoms with Crippen molar-refractivity contribution in [1.29, 1.82) is 0 Å². The normalized spacial score (nSPS) is 10.6. The fourth-order valence-corrected chi connectivity index (χ4v) is 2.98. The Hall–Kier alpha value is -1.75. The van der Waals surface area contributed by atoms with E-state index in [2.05, 4.69) is 0 Å².